The van der Waals surface area contributed by atoms with Crippen LogP contribution in [0.15, 0.2) is 42.5 Å². The summed E-state index contributed by atoms with van der Waals surface area (Å²) in [6.07, 6.45) is 0.0553. The van der Waals surface area contributed by atoms with Gasteiger partial charge in [0.2, 0.25) is 11.8 Å². The maximum atomic E-state index is 13.9. The minimum Gasteiger partial charge on any atom is -0.325 e. The Labute approximate surface area is 144 Å². The second kappa shape index (κ2) is 6.61. The summed E-state index contributed by atoms with van der Waals surface area (Å²) in [7, 11) is 0. The predicted octanol–water partition coefficient (Wildman–Crippen LogP) is 3.78. The van der Waals surface area contributed by atoms with Gasteiger partial charge in [0.15, 0.2) is 0 Å². The van der Waals surface area contributed by atoms with Crippen molar-refractivity contribution in [3.63, 3.8) is 0 Å². The van der Waals surface area contributed by atoms with Gasteiger partial charge in [0, 0.05) is 23.7 Å². The van der Waals surface area contributed by atoms with E-state index in [0.717, 1.165) is 5.56 Å². The van der Waals surface area contributed by atoms with E-state index in [4.69, 9.17) is 11.6 Å². The van der Waals surface area contributed by atoms with Crippen LogP contribution in [0.3, 0.4) is 0 Å². The topological polar surface area (TPSA) is 49.4 Å². The fraction of sp³-hybridized carbons (Fsp3) is 0.222. The maximum absolute atomic E-state index is 13.9. The Bertz CT molecular complexity index is 809. The van der Waals surface area contributed by atoms with Gasteiger partial charge >= 0.3 is 0 Å². The van der Waals surface area contributed by atoms with Crippen molar-refractivity contribution in [1.82, 2.24) is 0 Å². The fourth-order valence-electron chi connectivity index (χ4n) is 2.75. The standard InChI is InChI=1S/C18H16ClFN2O2/c1-11-6-7-13(19)9-15(11)21-18(24)12-8-17(23)22(10-12)16-5-3-2-4-14(16)20/h2-7,9,12H,8,10H2,1H3,(H,21,24)/t12-/m0/s1. The van der Waals surface area contributed by atoms with Crippen molar-refractivity contribution in [1.29, 1.82) is 0 Å². The van der Waals surface area contributed by atoms with E-state index >= 15 is 0 Å². The van der Waals surface area contributed by atoms with Crippen LogP contribution in [0, 0.1) is 18.7 Å². The zero-order valence-corrected chi connectivity index (χ0v) is 13.8. The zero-order chi connectivity index (χ0) is 17.3. The molecule has 1 fully saturated rings. The third kappa shape index (κ3) is 3.26. The molecule has 124 valence electrons. The monoisotopic (exact) mass is 346 g/mol. The molecule has 1 aliphatic heterocycles. The first-order valence-electron chi connectivity index (χ1n) is 7.57. The first-order valence-corrected chi connectivity index (χ1v) is 7.95. The Morgan fingerprint density at radius 3 is 2.79 bits per heavy atom. The first kappa shape index (κ1) is 16.5. The predicted molar refractivity (Wildman–Crippen MR) is 91.7 cm³/mol. The van der Waals surface area contributed by atoms with E-state index in [1.54, 1.807) is 24.3 Å². The number of carbonyl (C=O) groups is 2. The van der Waals surface area contributed by atoms with Gasteiger partial charge in [0.25, 0.3) is 0 Å². The molecule has 1 aliphatic rings. The van der Waals surface area contributed by atoms with Crippen LogP contribution in [-0.4, -0.2) is 18.4 Å². The number of hydrogen-bond donors (Lipinski definition) is 1. The van der Waals surface area contributed by atoms with Crippen LogP contribution >= 0.6 is 11.6 Å². The summed E-state index contributed by atoms with van der Waals surface area (Å²) < 4.78 is 13.9. The van der Waals surface area contributed by atoms with Gasteiger partial charge in [-0.2, -0.15) is 0 Å². The number of halogens is 2. The zero-order valence-electron chi connectivity index (χ0n) is 13.1. The lowest BCUT2D eigenvalue weighted by Gasteiger charge is -2.17. The van der Waals surface area contributed by atoms with Crippen molar-refractivity contribution in [3.8, 4) is 0 Å². The molecule has 0 aromatic heterocycles. The van der Waals surface area contributed by atoms with Gasteiger partial charge in [0.05, 0.1) is 11.6 Å². The maximum Gasteiger partial charge on any atom is 0.229 e. The molecule has 0 saturated carbocycles. The highest BCUT2D eigenvalue weighted by atomic mass is 35.5. The van der Waals surface area contributed by atoms with Crippen LogP contribution < -0.4 is 10.2 Å². The molecule has 24 heavy (non-hydrogen) atoms. The number of aryl methyl sites for hydroxylation is 1. The van der Waals surface area contributed by atoms with E-state index in [1.165, 1.54) is 17.0 Å². The van der Waals surface area contributed by atoms with Crippen molar-refractivity contribution >= 4 is 34.8 Å². The molecule has 2 aromatic carbocycles. The average Bonchev–Trinajstić information content (AvgIpc) is 2.93. The minimum absolute atomic E-state index is 0.0553. The molecule has 0 unspecified atom stereocenters. The molecule has 4 nitrogen and oxygen atoms in total. The highest BCUT2D eigenvalue weighted by Gasteiger charge is 2.36. The number of para-hydroxylation sites is 1. The van der Waals surface area contributed by atoms with Crippen LogP contribution in [0.1, 0.15) is 12.0 Å². The number of hydrogen-bond acceptors (Lipinski definition) is 2. The number of benzene rings is 2. The van der Waals surface area contributed by atoms with Crippen molar-refractivity contribution in [2.24, 2.45) is 5.92 Å². The average molecular weight is 347 g/mol. The number of nitrogens with zero attached hydrogens (tertiary/aromatic N) is 1. The molecular weight excluding hydrogens is 331 g/mol. The molecule has 0 spiro atoms. The molecule has 1 saturated heterocycles. The lowest BCUT2D eigenvalue weighted by molar-refractivity contribution is -0.122. The second-order valence-electron chi connectivity index (χ2n) is 5.81. The summed E-state index contributed by atoms with van der Waals surface area (Å²) in [6, 6.07) is 11.3. The molecule has 2 aromatic rings. The molecule has 1 atom stereocenters. The van der Waals surface area contributed by atoms with Crippen molar-refractivity contribution in [2.75, 3.05) is 16.8 Å². The smallest absolute Gasteiger partial charge is 0.229 e. The lowest BCUT2D eigenvalue weighted by atomic mass is 10.1. The molecule has 0 bridgehead atoms. The van der Waals surface area contributed by atoms with Crippen molar-refractivity contribution in [2.45, 2.75) is 13.3 Å². The Kier molecular flexibility index (Phi) is 4.53. The third-order valence-electron chi connectivity index (χ3n) is 4.10. The van der Waals surface area contributed by atoms with Gasteiger partial charge in [-0.1, -0.05) is 29.8 Å². The van der Waals surface area contributed by atoms with Crippen LogP contribution in [0.2, 0.25) is 5.02 Å². The Hall–Kier alpha value is -2.40. The van der Waals surface area contributed by atoms with Crippen LogP contribution in [0.5, 0.6) is 0 Å². The van der Waals surface area contributed by atoms with Gasteiger partial charge in [-0.05, 0) is 36.8 Å². The normalized spacial score (nSPS) is 17.2. The molecule has 0 aliphatic carbocycles. The molecule has 3 rings (SSSR count). The third-order valence-corrected chi connectivity index (χ3v) is 4.33. The molecule has 6 heteroatoms. The van der Waals surface area contributed by atoms with Crippen LogP contribution in [0.4, 0.5) is 15.8 Å². The number of anilines is 2. The molecule has 1 N–H and O–H groups in total. The van der Waals surface area contributed by atoms with E-state index in [9.17, 15) is 14.0 Å². The summed E-state index contributed by atoms with van der Waals surface area (Å²) in [4.78, 5) is 26.0. The highest BCUT2D eigenvalue weighted by Crippen LogP contribution is 2.28. The van der Waals surface area contributed by atoms with Crippen LogP contribution in [-0.2, 0) is 9.59 Å². The Morgan fingerprint density at radius 2 is 2.04 bits per heavy atom. The quantitative estimate of drug-likeness (QED) is 0.919. The number of rotatable bonds is 3. The summed E-state index contributed by atoms with van der Waals surface area (Å²) in [5.41, 5.74) is 1.70. The van der Waals surface area contributed by atoms with Gasteiger partial charge in [-0.3, -0.25) is 9.59 Å². The highest BCUT2D eigenvalue weighted by molar-refractivity contribution is 6.31. The SMILES string of the molecule is Cc1ccc(Cl)cc1NC(=O)[C@H]1CC(=O)N(c2ccccc2F)C1. The summed E-state index contributed by atoms with van der Waals surface area (Å²) in [6.45, 7) is 2.02. The Balaban J connectivity index is 1.75. The minimum atomic E-state index is -0.532. The summed E-state index contributed by atoms with van der Waals surface area (Å²) in [5.74, 6) is -1.54. The summed E-state index contributed by atoms with van der Waals surface area (Å²) >= 11 is 5.95. The van der Waals surface area contributed by atoms with Gasteiger partial charge in [-0.15, -0.1) is 0 Å². The number of carbonyl (C=O) groups excluding carboxylic acids is 2. The van der Waals surface area contributed by atoms with Gasteiger partial charge < -0.3 is 10.2 Å². The largest absolute Gasteiger partial charge is 0.325 e. The van der Waals surface area contributed by atoms with Gasteiger partial charge in [-0.25, -0.2) is 4.39 Å². The number of nitrogens with one attached hydrogen (secondary N) is 1. The van der Waals surface area contributed by atoms with Crippen LogP contribution in [0.25, 0.3) is 0 Å². The molecule has 1 heterocycles. The van der Waals surface area contributed by atoms with E-state index in [1.807, 2.05) is 13.0 Å². The molecule has 0 radical (unpaired) electrons. The van der Waals surface area contributed by atoms with Crippen molar-refractivity contribution in [3.05, 3.63) is 58.9 Å². The first-order chi connectivity index (χ1) is 11.5. The molecule has 2 amide bonds. The molecular formula is C18H16ClFN2O2. The summed E-state index contributed by atoms with van der Waals surface area (Å²) in [5, 5.41) is 3.32. The lowest BCUT2D eigenvalue weighted by Crippen LogP contribution is -2.28. The van der Waals surface area contributed by atoms with Gasteiger partial charge in [0.1, 0.15) is 5.82 Å². The van der Waals surface area contributed by atoms with E-state index in [2.05, 4.69) is 5.32 Å². The van der Waals surface area contributed by atoms with E-state index in [-0.39, 0.29) is 30.5 Å². The fourth-order valence-corrected chi connectivity index (χ4v) is 2.92. The second-order valence-corrected chi connectivity index (χ2v) is 6.24. The Morgan fingerprint density at radius 1 is 1.29 bits per heavy atom. The van der Waals surface area contributed by atoms with E-state index in [0.29, 0.717) is 10.7 Å². The van der Waals surface area contributed by atoms with E-state index < -0.39 is 11.7 Å². The number of amides is 2. The van der Waals surface area contributed by atoms with Crippen molar-refractivity contribution < 1.29 is 14.0 Å².